The Morgan fingerprint density at radius 3 is 2.85 bits per heavy atom. The Bertz CT molecular complexity index is 611. The van der Waals surface area contributed by atoms with Crippen LogP contribution in [0.5, 0.6) is 5.88 Å². The molecule has 1 aliphatic heterocycles. The van der Waals surface area contributed by atoms with Gasteiger partial charge in [0.15, 0.2) is 9.84 Å². The van der Waals surface area contributed by atoms with E-state index in [1.165, 1.54) is 5.41 Å². The van der Waals surface area contributed by atoms with E-state index in [0.29, 0.717) is 29.9 Å². The van der Waals surface area contributed by atoms with Gasteiger partial charge in [-0.25, -0.2) is 8.42 Å². The van der Waals surface area contributed by atoms with Crippen LogP contribution in [0.4, 0.5) is 11.5 Å². The molecule has 1 aliphatic rings. The smallest absolute Gasteiger partial charge is 0.239 e. The summed E-state index contributed by atoms with van der Waals surface area (Å²) < 4.78 is 28.2. The molecule has 110 valence electrons. The zero-order valence-corrected chi connectivity index (χ0v) is 12.4. The van der Waals surface area contributed by atoms with Crippen LogP contribution in [-0.4, -0.2) is 31.8 Å². The molecule has 0 saturated heterocycles. The van der Waals surface area contributed by atoms with Crippen molar-refractivity contribution in [3.8, 4) is 5.88 Å². The highest BCUT2D eigenvalue weighted by molar-refractivity contribution is 7.94. The number of nitrogens with zero attached hydrogens (tertiary/aromatic N) is 1. The van der Waals surface area contributed by atoms with E-state index in [2.05, 4.69) is 10.3 Å². The van der Waals surface area contributed by atoms with Crippen LogP contribution in [0.1, 0.15) is 13.8 Å². The molecule has 3 N–H and O–H groups in total. The maximum Gasteiger partial charge on any atom is 0.239 e. The van der Waals surface area contributed by atoms with E-state index in [1.54, 1.807) is 18.2 Å². The molecule has 0 aromatic carbocycles. The van der Waals surface area contributed by atoms with E-state index < -0.39 is 9.84 Å². The number of hydrogen-bond acceptors (Lipinski definition) is 6. The number of nitrogen functional groups attached to an aromatic ring is 1. The van der Waals surface area contributed by atoms with Crippen LogP contribution < -0.4 is 15.8 Å². The summed E-state index contributed by atoms with van der Waals surface area (Å²) in [6.07, 6.45) is 1.61. The number of nitrogens with one attached hydrogen (secondary N) is 1. The van der Waals surface area contributed by atoms with Crippen LogP contribution in [-0.2, 0) is 9.84 Å². The number of sulfone groups is 1. The standard InChI is InChI=1S/C13H19N3O3S/c1-9(2)7-19-13-11(14)3-4-12(16-13)15-10-5-6-20(17,18)8-10/h3-6,9-10H,7-8,14H2,1-2H3,(H,15,16). The Labute approximate surface area is 119 Å². The Balaban J connectivity index is 2.06. The van der Waals surface area contributed by atoms with Crippen LogP contribution in [0.3, 0.4) is 0 Å². The third kappa shape index (κ3) is 3.86. The summed E-state index contributed by atoms with van der Waals surface area (Å²) in [6.45, 7) is 4.59. The fraction of sp³-hybridized carbons (Fsp3) is 0.462. The highest BCUT2D eigenvalue weighted by Crippen LogP contribution is 2.23. The largest absolute Gasteiger partial charge is 0.476 e. The van der Waals surface area contributed by atoms with E-state index in [0.717, 1.165) is 0 Å². The zero-order valence-electron chi connectivity index (χ0n) is 11.5. The molecule has 0 saturated carbocycles. The summed E-state index contributed by atoms with van der Waals surface area (Å²) >= 11 is 0. The number of rotatable bonds is 5. The lowest BCUT2D eigenvalue weighted by Gasteiger charge is -2.14. The van der Waals surface area contributed by atoms with Crippen molar-refractivity contribution in [3.63, 3.8) is 0 Å². The van der Waals surface area contributed by atoms with Gasteiger partial charge in [0.1, 0.15) is 5.82 Å². The molecule has 1 atom stereocenters. The molecule has 0 amide bonds. The minimum atomic E-state index is -3.08. The summed E-state index contributed by atoms with van der Waals surface area (Å²) in [6, 6.07) is 3.13. The van der Waals surface area contributed by atoms with Crippen molar-refractivity contribution in [1.82, 2.24) is 4.98 Å². The van der Waals surface area contributed by atoms with E-state index >= 15 is 0 Å². The Morgan fingerprint density at radius 2 is 2.25 bits per heavy atom. The average molecular weight is 297 g/mol. The molecular weight excluding hydrogens is 278 g/mol. The summed E-state index contributed by atoms with van der Waals surface area (Å²) in [5.74, 6) is 1.33. The Hall–Kier alpha value is -1.76. The van der Waals surface area contributed by atoms with Gasteiger partial charge in [-0.1, -0.05) is 13.8 Å². The van der Waals surface area contributed by atoms with Crippen LogP contribution in [0, 0.1) is 5.92 Å². The third-order valence-electron chi connectivity index (χ3n) is 2.71. The second kappa shape index (κ2) is 5.70. The fourth-order valence-corrected chi connectivity index (χ4v) is 2.98. The molecule has 0 spiro atoms. The van der Waals surface area contributed by atoms with Gasteiger partial charge >= 0.3 is 0 Å². The van der Waals surface area contributed by atoms with E-state index in [9.17, 15) is 8.42 Å². The lowest BCUT2D eigenvalue weighted by Crippen LogP contribution is -2.21. The van der Waals surface area contributed by atoms with Crippen LogP contribution in [0.25, 0.3) is 0 Å². The van der Waals surface area contributed by atoms with E-state index in [4.69, 9.17) is 10.5 Å². The molecule has 2 rings (SSSR count). The number of ether oxygens (including phenoxy) is 1. The van der Waals surface area contributed by atoms with Gasteiger partial charge in [-0.15, -0.1) is 0 Å². The average Bonchev–Trinajstić information content (AvgIpc) is 2.69. The molecule has 7 heteroatoms. The quantitative estimate of drug-likeness (QED) is 0.853. The van der Waals surface area contributed by atoms with Gasteiger partial charge in [0, 0.05) is 5.41 Å². The first-order valence-electron chi connectivity index (χ1n) is 6.42. The maximum atomic E-state index is 11.3. The molecular formula is C13H19N3O3S. The second-order valence-electron chi connectivity index (χ2n) is 5.20. The highest BCUT2D eigenvalue weighted by atomic mass is 32.2. The van der Waals surface area contributed by atoms with Crippen LogP contribution in [0.2, 0.25) is 0 Å². The van der Waals surface area contributed by atoms with Gasteiger partial charge < -0.3 is 15.8 Å². The van der Waals surface area contributed by atoms with Crippen LogP contribution in [0.15, 0.2) is 23.6 Å². The number of aromatic nitrogens is 1. The SMILES string of the molecule is CC(C)COc1nc(NC2C=CS(=O)(=O)C2)ccc1N. The van der Waals surface area contributed by atoms with Gasteiger partial charge in [-0.2, -0.15) is 4.98 Å². The predicted molar refractivity (Wildman–Crippen MR) is 79.3 cm³/mol. The lowest BCUT2D eigenvalue weighted by atomic mass is 10.2. The lowest BCUT2D eigenvalue weighted by molar-refractivity contribution is 0.263. The minimum Gasteiger partial charge on any atom is -0.476 e. The molecule has 0 fully saturated rings. The number of pyridine rings is 1. The maximum absolute atomic E-state index is 11.3. The molecule has 0 bridgehead atoms. The number of hydrogen-bond donors (Lipinski definition) is 2. The molecule has 0 aliphatic carbocycles. The molecule has 20 heavy (non-hydrogen) atoms. The molecule has 1 aromatic rings. The summed E-state index contributed by atoms with van der Waals surface area (Å²) in [4.78, 5) is 4.27. The monoisotopic (exact) mass is 297 g/mol. The third-order valence-corrected chi connectivity index (χ3v) is 4.10. The first kappa shape index (κ1) is 14.6. The first-order chi connectivity index (χ1) is 9.35. The minimum absolute atomic E-state index is 0.0429. The van der Waals surface area contributed by atoms with Crippen molar-refractivity contribution < 1.29 is 13.2 Å². The molecule has 1 unspecified atom stereocenters. The fourth-order valence-electron chi connectivity index (χ4n) is 1.75. The first-order valence-corrected chi connectivity index (χ1v) is 8.14. The van der Waals surface area contributed by atoms with E-state index in [1.807, 2.05) is 13.8 Å². The van der Waals surface area contributed by atoms with Crippen molar-refractivity contribution in [3.05, 3.63) is 23.6 Å². The molecule has 1 aromatic heterocycles. The van der Waals surface area contributed by atoms with E-state index in [-0.39, 0.29) is 11.8 Å². The Kier molecular flexibility index (Phi) is 4.17. The van der Waals surface area contributed by atoms with Crippen LogP contribution >= 0.6 is 0 Å². The zero-order chi connectivity index (χ0) is 14.8. The van der Waals surface area contributed by atoms with Crippen molar-refractivity contribution in [2.75, 3.05) is 23.4 Å². The van der Waals surface area contributed by atoms with Gasteiger partial charge in [0.05, 0.1) is 24.1 Å². The van der Waals surface area contributed by atoms with Crippen molar-refractivity contribution >= 4 is 21.3 Å². The van der Waals surface area contributed by atoms with Gasteiger partial charge in [0.25, 0.3) is 0 Å². The number of nitrogens with two attached hydrogens (primary N) is 1. The van der Waals surface area contributed by atoms with Crippen molar-refractivity contribution in [2.45, 2.75) is 19.9 Å². The number of anilines is 2. The van der Waals surface area contributed by atoms with Crippen molar-refractivity contribution in [1.29, 1.82) is 0 Å². The molecule has 0 radical (unpaired) electrons. The van der Waals surface area contributed by atoms with Crippen molar-refractivity contribution in [2.24, 2.45) is 5.92 Å². The summed E-state index contributed by atoms with van der Waals surface area (Å²) in [7, 11) is -3.08. The Morgan fingerprint density at radius 1 is 1.50 bits per heavy atom. The molecule has 2 heterocycles. The highest BCUT2D eigenvalue weighted by Gasteiger charge is 2.21. The predicted octanol–water partition coefficient (Wildman–Crippen LogP) is 1.42. The topological polar surface area (TPSA) is 94.3 Å². The second-order valence-corrected chi connectivity index (χ2v) is 7.14. The molecule has 6 nitrogen and oxygen atoms in total. The van der Waals surface area contributed by atoms with Gasteiger partial charge in [0.2, 0.25) is 5.88 Å². The van der Waals surface area contributed by atoms with Gasteiger partial charge in [-0.3, -0.25) is 0 Å². The summed E-state index contributed by atoms with van der Waals surface area (Å²) in [5, 5.41) is 4.26. The normalized spacial score (nSPS) is 20.2. The van der Waals surface area contributed by atoms with Gasteiger partial charge in [-0.05, 0) is 24.1 Å². The summed E-state index contributed by atoms with van der Waals surface area (Å²) in [5.41, 5.74) is 6.27.